The molecule has 0 saturated heterocycles. The number of likely N-dealkylation sites (N-methyl/N-ethyl adjacent to an activating group) is 1. The maximum absolute atomic E-state index is 16.1. The van der Waals surface area contributed by atoms with Crippen LogP contribution in [-0.2, 0) is 29.1 Å². The van der Waals surface area contributed by atoms with Crippen molar-refractivity contribution in [2.24, 2.45) is 4.99 Å². The van der Waals surface area contributed by atoms with Gasteiger partial charge in [0.2, 0.25) is 5.43 Å². The van der Waals surface area contributed by atoms with Gasteiger partial charge >= 0.3 is 5.97 Å². The van der Waals surface area contributed by atoms with Crippen molar-refractivity contribution in [2.45, 2.75) is 58.0 Å². The van der Waals surface area contributed by atoms with Crippen LogP contribution in [0.5, 0.6) is 0 Å². The summed E-state index contributed by atoms with van der Waals surface area (Å²) in [6.07, 6.45) is 5.23. The lowest BCUT2D eigenvalue weighted by molar-refractivity contribution is -0.186. The van der Waals surface area contributed by atoms with Gasteiger partial charge in [-0.25, -0.2) is 8.78 Å². The number of fused-ring (bicyclic) bond motifs is 1. The zero-order valence-corrected chi connectivity index (χ0v) is 24.8. The molecule has 4 rings (SSSR count). The van der Waals surface area contributed by atoms with Crippen molar-refractivity contribution in [1.29, 1.82) is 0 Å². The number of hydroxylamine groups is 2. The highest BCUT2D eigenvalue weighted by Crippen LogP contribution is 2.24. The summed E-state index contributed by atoms with van der Waals surface area (Å²) < 4.78 is 32.8. The number of benzene rings is 2. The maximum Gasteiger partial charge on any atom is 0.325 e. The first-order valence-corrected chi connectivity index (χ1v) is 14.6. The molecule has 4 N–H and O–H groups in total. The standard InChI is InChI=1S/C31H38F2N6O5/c1-3-4-15-44-38(2)25(30(42)43)18-36-29(41)23-19-39(14-11-20-9-6-5-7-10-20)27-21(28(23)40)16-24(32)22(26(27)33)17-37-31-34-12-8-13-35-31/h5-7,9-10,12,16,19,25,31,35,37H,3-4,8,11,13-15,17-18H2,1-2H3,(H,36,41)(H,42,43). The molecular formula is C31H38F2N6O5. The number of aryl methyl sites for hydroxylation is 2. The Labute approximate surface area is 253 Å². The van der Waals surface area contributed by atoms with E-state index in [1.54, 1.807) is 6.21 Å². The van der Waals surface area contributed by atoms with E-state index >= 15 is 8.78 Å². The Hall–Kier alpha value is -4.04. The third-order valence-electron chi connectivity index (χ3n) is 7.39. The number of hydrogen-bond acceptors (Lipinski definition) is 8. The number of carboxylic acid groups (broad SMARTS) is 1. The van der Waals surface area contributed by atoms with E-state index in [-0.39, 0.29) is 41.7 Å². The predicted octanol–water partition coefficient (Wildman–Crippen LogP) is 2.81. The number of halogens is 2. The predicted molar refractivity (Wildman–Crippen MR) is 162 cm³/mol. The largest absolute Gasteiger partial charge is 0.480 e. The Balaban J connectivity index is 1.67. The average Bonchev–Trinajstić information content (AvgIpc) is 3.01. The molecule has 0 bridgehead atoms. The summed E-state index contributed by atoms with van der Waals surface area (Å²) in [4.78, 5) is 48.3. The minimum atomic E-state index is -1.23. The Morgan fingerprint density at radius 2 is 2.05 bits per heavy atom. The second-order valence-corrected chi connectivity index (χ2v) is 10.5. The molecule has 0 radical (unpaired) electrons. The van der Waals surface area contributed by atoms with Crippen molar-refractivity contribution in [3.05, 3.63) is 81.1 Å². The monoisotopic (exact) mass is 612 g/mol. The number of nitrogens with one attached hydrogen (secondary N) is 3. The lowest BCUT2D eigenvalue weighted by Gasteiger charge is -2.24. The van der Waals surface area contributed by atoms with E-state index in [0.717, 1.165) is 36.0 Å². The molecule has 0 aliphatic carbocycles. The number of amides is 1. The first-order valence-electron chi connectivity index (χ1n) is 14.6. The summed E-state index contributed by atoms with van der Waals surface area (Å²) in [6.45, 7) is 2.56. The van der Waals surface area contributed by atoms with Crippen molar-refractivity contribution in [2.75, 3.05) is 26.7 Å². The number of pyridine rings is 1. The minimum absolute atomic E-state index is 0.131. The van der Waals surface area contributed by atoms with Crippen molar-refractivity contribution in [3.63, 3.8) is 0 Å². The lowest BCUT2D eigenvalue weighted by atomic mass is 10.0. The van der Waals surface area contributed by atoms with E-state index in [1.165, 1.54) is 17.8 Å². The van der Waals surface area contributed by atoms with Crippen LogP contribution >= 0.6 is 0 Å². The normalized spacial score (nSPS) is 15.5. The zero-order valence-electron chi connectivity index (χ0n) is 24.8. The van der Waals surface area contributed by atoms with Crippen LogP contribution in [0.1, 0.15) is 47.7 Å². The summed E-state index contributed by atoms with van der Waals surface area (Å²) in [5, 5.41) is 19.1. The summed E-state index contributed by atoms with van der Waals surface area (Å²) in [7, 11) is 1.45. The summed E-state index contributed by atoms with van der Waals surface area (Å²) in [5.74, 6) is -3.96. The number of aliphatic carboxylic acids is 1. The molecule has 11 nitrogen and oxygen atoms in total. The van der Waals surface area contributed by atoms with Crippen LogP contribution in [0.15, 0.2) is 52.4 Å². The molecule has 0 saturated carbocycles. The van der Waals surface area contributed by atoms with Gasteiger partial charge in [-0.2, -0.15) is 5.06 Å². The molecule has 1 aliphatic heterocycles. The first kappa shape index (κ1) is 32.9. The third kappa shape index (κ3) is 8.11. The smallest absolute Gasteiger partial charge is 0.325 e. The van der Waals surface area contributed by atoms with Gasteiger partial charge in [-0.1, -0.05) is 43.7 Å². The number of carboxylic acids is 1. The van der Waals surface area contributed by atoms with Gasteiger partial charge in [-0.05, 0) is 30.9 Å². The molecular weight excluding hydrogens is 574 g/mol. The molecule has 1 aromatic heterocycles. The minimum Gasteiger partial charge on any atom is -0.480 e. The SMILES string of the molecule is CCCCON(C)C(CNC(=O)c1cn(CCc2ccccc2)c2c(F)c(CNC3N=CCCN3)c(F)cc2c1=O)C(=O)O. The second-order valence-electron chi connectivity index (χ2n) is 10.5. The fraction of sp³-hybridized carbons (Fsp3) is 0.419. The quantitative estimate of drug-likeness (QED) is 0.152. The molecule has 0 spiro atoms. The molecule has 236 valence electrons. The van der Waals surface area contributed by atoms with Crippen molar-refractivity contribution in [3.8, 4) is 0 Å². The molecule has 0 fully saturated rings. The molecule has 2 heterocycles. The fourth-order valence-corrected chi connectivity index (χ4v) is 4.86. The number of aliphatic imine (C=N–C) groups is 1. The van der Waals surface area contributed by atoms with E-state index in [9.17, 15) is 19.5 Å². The Morgan fingerprint density at radius 3 is 2.73 bits per heavy atom. The van der Waals surface area contributed by atoms with Gasteiger partial charge in [0, 0.05) is 51.2 Å². The topological polar surface area (TPSA) is 137 Å². The highest BCUT2D eigenvalue weighted by molar-refractivity contribution is 5.97. The highest BCUT2D eigenvalue weighted by atomic mass is 19.1. The van der Waals surface area contributed by atoms with Crippen LogP contribution in [0.25, 0.3) is 10.9 Å². The van der Waals surface area contributed by atoms with Crippen molar-refractivity contribution in [1.82, 2.24) is 25.6 Å². The number of unbranched alkanes of at least 4 members (excludes halogenated alkanes) is 1. The van der Waals surface area contributed by atoms with E-state index in [2.05, 4.69) is 20.9 Å². The Morgan fingerprint density at radius 1 is 1.27 bits per heavy atom. The van der Waals surface area contributed by atoms with Gasteiger partial charge in [0.25, 0.3) is 5.91 Å². The van der Waals surface area contributed by atoms with Gasteiger partial charge in [0.15, 0.2) is 12.1 Å². The number of aromatic nitrogens is 1. The van der Waals surface area contributed by atoms with E-state index in [1.807, 2.05) is 37.3 Å². The van der Waals surface area contributed by atoms with Gasteiger partial charge in [-0.3, -0.25) is 34.8 Å². The zero-order chi connectivity index (χ0) is 31.6. The molecule has 2 unspecified atom stereocenters. The molecule has 3 aromatic rings. The van der Waals surface area contributed by atoms with E-state index in [0.29, 0.717) is 19.6 Å². The van der Waals surface area contributed by atoms with Gasteiger partial charge in [0.05, 0.1) is 17.5 Å². The van der Waals surface area contributed by atoms with Crippen LogP contribution < -0.4 is 21.4 Å². The molecule has 44 heavy (non-hydrogen) atoms. The number of nitrogens with zero attached hydrogens (tertiary/aromatic N) is 3. The molecule has 2 atom stereocenters. The lowest BCUT2D eigenvalue weighted by Crippen LogP contribution is -2.47. The number of carbonyl (C=O) groups excluding carboxylic acids is 1. The molecule has 1 aliphatic rings. The van der Waals surface area contributed by atoms with E-state index in [4.69, 9.17) is 4.84 Å². The fourth-order valence-electron chi connectivity index (χ4n) is 4.86. The summed E-state index contributed by atoms with van der Waals surface area (Å²) in [6, 6.07) is 9.09. The number of carbonyl (C=O) groups is 2. The Kier molecular flexibility index (Phi) is 11.7. The van der Waals surface area contributed by atoms with Gasteiger partial charge in [-0.15, -0.1) is 0 Å². The van der Waals surface area contributed by atoms with Crippen LogP contribution in [0.3, 0.4) is 0 Å². The van der Waals surface area contributed by atoms with Crippen molar-refractivity contribution < 1.29 is 28.3 Å². The van der Waals surface area contributed by atoms with E-state index < -0.39 is 41.3 Å². The van der Waals surface area contributed by atoms with Crippen LogP contribution in [0.2, 0.25) is 0 Å². The highest BCUT2D eigenvalue weighted by Gasteiger charge is 2.27. The van der Waals surface area contributed by atoms with Crippen LogP contribution in [-0.4, -0.2) is 71.9 Å². The van der Waals surface area contributed by atoms with Crippen LogP contribution in [0.4, 0.5) is 8.78 Å². The third-order valence-corrected chi connectivity index (χ3v) is 7.39. The summed E-state index contributed by atoms with van der Waals surface area (Å²) in [5.41, 5.74) is -0.696. The molecule has 13 heteroatoms. The Bertz CT molecular complexity index is 1550. The molecule has 2 aromatic carbocycles. The maximum atomic E-state index is 16.1. The van der Waals surface area contributed by atoms with Gasteiger partial charge in [0.1, 0.15) is 17.4 Å². The summed E-state index contributed by atoms with van der Waals surface area (Å²) >= 11 is 0. The van der Waals surface area contributed by atoms with Crippen molar-refractivity contribution >= 4 is 29.0 Å². The molecule has 1 amide bonds. The number of rotatable bonds is 15. The van der Waals surface area contributed by atoms with Gasteiger partial charge < -0.3 is 15.0 Å². The van der Waals surface area contributed by atoms with Crippen LogP contribution in [0, 0.1) is 11.6 Å². The second kappa shape index (κ2) is 15.6. The average molecular weight is 613 g/mol. The first-order chi connectivity index (χ1) is 21.2. The number of hydrogen-bond donors (Lipinski definition) is 4.